The Morgan fingerprint density at radius 2 is 2.00 bits per heavy atom. The molecule has 0 aliphatic rings. The van der Waals surface area contributed by atoms with E-state index in [0.29, 0.717) is 11.8 Å². The van der Waals surface area contributed by atoms with Crippen LogP contribution in [0.2, 0.25) is 0 Å². The molecule has 2 N–H and O–H groups in total. The molecule has 18 heavy (non-hydrogen) atoms. The van der Waals surface area contributed by atoms with E-state index in [0.717, 1.165) is 12.2 Å². The smallest absolute Gasteiger partial charge is 0.319 e. The van der Waals surface area contributed by atoms with Crippen LogP contribution in [0.4, 0.5) is 10.5 Å². The fourth-order valence-corrected chi connectivity index (χ4v) is 1.44. The number of hydrogen-bond donors (Lipinski definition) is 2. The summed E-state index contributed by atoms with van der Waals surface area (Å²) in [5, 5.41) is 9.88. The van der Waals surface area contributed by atoms with Crippen LogP contribution < -0.4 is 10.6 Å². The maximum Gasteiger partial charge on any atom is 0.319 e. The molecule has 0 aliphatic carbocycles. The summed E-state index contributed by atoms with van der Waals surface area (Å²) in [6.07, 6.45) is 3.52. The number of urea groups is 1. The van der Waals surface area contributed by atoms with E-state index in [1.54, 1.807) is 6.20 Å². The summed E-state index contributed by atoms with van der Waals surface area (Å²) < 4.78 is 1.84. The van der Waals surface area contributed by atoms with Gasteiger partial charge in [0.05, 0.1) is 11.9 Å². The maximum absolute atomic E-state index is 11.7. The van der Waals surface area contributed by atoms with Crippen LogP contribution in [-0.4, -0.2) is 21.9 Å². The van der Waals surface area contributed by atoms with Gasteiger partial charge in [-0.05, 0) is 18.8 Å². The van der Waals surface area contributed by atoms with Gasteiger partial charge in [-0.1, -0.05) is 27.7 Å². The van der Waals surface area contributed by atoms with Crippen molar-refractivity contribution in [3.63, 3.8) is 0 Å². The van der Waals surface area contributed by atoms with Crippen molar-refractivity contribution < 1.29 is 4.79 Å². The van der Waals surface area contributed by atoms with Gasteiger partial charge in [-0.3, -0.25) is 4.68 Å². The molecular formula is C13H24N4O. The predicted molar refractivity (Wildman–Crippen MR) is 73.5 cm³/mol. The molecule has 1 heterocycles. The number of anilines is 1. The Morgan fingerprint density at radius 1 is 1.33 bits per heavy atom. The quantitative estimate of drug-likeness (QED) is 0.846. The van der Waals surface area contributed by atoms with Gasteiger partial charge in [0.15, 0.2) is 0 Å². The summed E-state index contributed by atoms with van der Waals surface area (Å²) in [5.41, 5.74) is 0.726. The van der Waals surface area contributed by atoms with E-state index in [2.05, 4.69) is 43.4 Å². The number of carbonyl (C=O) groups excluding carboxylic acids is 1. The first-order valence-electron chi connectivity index (χ1n) is 6.48. The van der Waals surface area contributed by atoms with Crippen LogP contribution in [0.15, 0.2) is 12.4 Å². The molecule has 0 fully saturated rings. The fourth-order valence-electron chi connectivity index (χ4n) is 1.44. The van der Waals surface area contributed by atoms with E-state index in [-0.39, 0.29) is 12.1 Å². The third kappa shape index (κ3) is 4.77. The summed E-state index contributed by atoms with van der Waals surface area (Å²) in [7, 11) is 0. The highest BCUT2D eigenvalue weighted by Gasteiger charge is 2.11. The molecule has 2 amide bonds. The maximum atomic E-state index is 11.7. The molecule has 0 saturated heterocycles. The number of aromatic nitrogens is 2. The molecule has 5 heteroatoms. The minimum Gasteiger partial charge on any atom is -0.335 e. The average Bonchev–Trinajstić information content (AvgIpc) is 2.63. The number of nitrogens with zero attached hydrogens (tertiary/aromatic N) is 2. The second-order valence-electron chi connectivity index (χ2n) is 5.48. The number of hydrogen-bond acceptors (Lipinski definition) is 2. The summed E-state index contributed by atoms with van der Waals surface area (Å²) in [6, 6.07) is -0.0315. The Hall–Kier alpha value is -1.52. The number of rotatable bonds is 5. The zero-order chi connectivity index (χ0) is 13.7. The van der Waals surface area contributed by atoms with Crippen molar-refractivity contribution in [1.82, 2.24) is 15.1 Å². The van der Waals surface area contributed by atoms with Crippen LogP contribution in [0.3, 0.4) is 0 Å². The van der Waals surface area contributed by atoms with Gasteiger partial charge in [0.25, 0.3) is 0 Å². The molecule has 5 nitrogen and oxygen atoms in total. The molecule has 0 aliphatic heterocycles. The SMILES string of the molecule is CC(C)Cn1cc(NC(=O)NC(C)C(C)C)cn1. The lowest BCUT2D eigenvalue weighted by molar-refractivity contribution is 0.246. The molecule has 0 aromatic carbocycles. The molecule has 0 spiro atoms. The fraction of sp³-hybridized carbons (Fsp3) is 0.692. The van der Waals surface area contributed by atoms with E-state index in [9.17, 15) is 4.79 Å². The topological polar surface area (TPSA) is 59.0 Å². The van der Waals surface area contributed by atoms with Gasteiger partial charge in [-0.2, -0.15) is 5.10 Å². The van der Waals surface area contributed by atoms with Crippen molar-refractivity contribution in [2.45, 2.75) is 47.2 Å². The largest absolute Gasteiger partial charge is 0.335 e. The van der Waals surface area contributed by atoms with E-state index in [1.807, 2.05) is 17.8 Å². The summed E-state index contributed by atoms with van der Waals surface area (Å²) >= 11 is 0. The first-order valence-corrected chi connectivity index (χ1v) is 6.48. The lowest BCUT2D eigenvalue weighted by atomic mass is 10.1. The van der Waals surface area contributed by atoms with Crippen molar-refractivity contribution >= 4 is 11.7 Å². The van der Waals surface area contributed by atoms with E-state index in [1.165, 1.54) is 0 Å². The van der Waals surface area contributed by atoms with Gasteiger partial charge < -0.3 is 10.6 Å². The van der Waals surface area contributed by atoms with E-state index >= 15 is 0 Å². The molecule has 102 valence electrons. The second kappa shape index (κ2) is 6.42. The highest BCUT2D eigenvalue weighted by Crippen LogP contribution is 2.07. The molecule has 1 aromatic rings. The zero-order valence-electron chi connectivity index (χ0n) is 11.9. The lowest BCUT2D eigenvalue weighted by Crippen LogP contribution is -2.38. The van der Waals surface area contributed by atoms with Gasteiger partial charge in [0.1, 0.15) is 0 Å². The lowest BCUT2D eigenvalue weighted by Gasteiger charge is -2.17. The first kappa shape index (κ1) is 14.5. The van der Waals surface area contributed by atoms with Crippen molar-refractivity contribution in [2.24, 2.45) is 11.8 Å². The number of nitrogens with one attached hydrogen (secondary N) is 2. The molecule has 0 bridgehead atoms. The zero-order valence-corrected chi connectivity index (χ0v) is 11.9. The van der Waals surface area contributed by atoms with Gasteiger partial charge in [-0.25, -0.2) is 4.79 Å². The van der Waals surface area contributed by atoms with Crippen molar-refractivity contribution in [3.8, 4) is 0 Å². The highest BCUT2D eigenvalue weighted by molar-refractivity contribution is 5.89. The van der Waals surface area contributed by atoms with Gasteiger partial charge in [0, 0.05) is 18.8 Å². The Kier molecular flexibility index (Phi) is 5.19. The van der Waals surface area contributed by atoms with Crippen molar-refractivity contribution in [3.05, 3.63) is 12.4 Å². The minimum atomic E-state index is -0.180. The van der Waals surface area contributed by atoms with Crippen LogP contribution in [0, 0.1) is 11.8 Å². The van der Waals surface area contributed by atoms with Crippen LogP contribution in [0.1, 0.15) is 34.6 Å². The Morgan fingerprint density at radius 3 is 2.56 bits per heavy atom. The van der Waals surface area contributed by atoms with E-state index in [4.69, 9.17) is 0 Å². The van der Waals surface area contributed by atoms with Gasteiger partial charge in [0.2, 0.25) is 0 Å². The predicted octanol–water partition coefficient (Wildman–Crippen LogP) is 2.71. The highest BCUT2D eigenvalue weighted by atomic mass is 16.2. The summed E-state index contributed by atoms with van der Waals surface area (Å²) in [4.78, 5) is 11.7. The minimum absolute atomic E-state index is 0.149. The molecule has 0 radical (unpaired) electrons. The van der Waals surface area contributed by atoms with Crippen molar-refractivity contribution in [2.75, 3.05) is 5.32 Å². The molecular weight excluding hydrogens is 228 g/mol. The van der Waals surface area contributed by atoms with Crippen molar-refractivity contribution in [1.29, 1.82) is 0 Å². The van der Waals surface area contributed by atoms with Gasteiger partial charge in [-0.15, -0.1) is 0 Å². The molecule has 1 unspecified atom stereocenters. The first-order chi connectivity index (χ1) is 8.38. The van der Waals surface area contributed by atoms with Crippen LogP contribution >= 0.6 is 0 Å². The third-order valence-corrected chi connectivity index (χ3v) is 2.80. The Bertz CT molecular complexity index is 384. The van der Waals surface area contributed by atoms with Gasteiger partial charge >= 0.3 is 6.03 Å². The van der Waals surface area contributed by atoms with Crippen LogP contribution in [-0.2, 0) is 6.54 Å². The Labute approximate surface area is 109 Å². The number of amides is 2. The molecule has 0 saturated carbocycles. The second-order valence-corrected chi connectivity index (χ2v) is 5.48. The third-order valence-electron chi connectivity index (χ3n) is 2.80. The standard InChI is InChI=1S/C13H24N4O/c1-9(2)7-17-8-12(6-14-17)16-13(18)15-11(5)10(3)4/h6,8-11H,7H2,1-5H3,(H2,15,16,18). The molecule has 1 aromatic heterocycles. The van der Waals surface area contributed by atoms with Crippen LogP contribution in [0.5, 0.6) is 0 Å². The molecule has 1 rings (SSSR count). The summed E-state index contributed by atoms with van der Waals surface area (Å²) in [6.45, 7) is 11.3. The normalized spacial score (nSPS) is 12.8. The monoisotopic (exact) mass is 252 g/mol. The Balaban J connectivity index is 2.47. The van der Waals surface area contributed by atoms with E-state index < -0.39 is 0 Å². The average molecular weight is 252 g/mol. The number of carbonyl (C=O) groups is 1. The summed E-state index contributed by atoms with van der Waals surface area (Å²) in [5.74, 6) is 0.951. The molecule has 1 atom stereocenters. The van der Waals surface area contributed by atoms with Crippen LogP contribution in [0.25, 0.3) is 0 Å².